The van der Waals surface area contributed by atoms with Gasteiger partial charge in [0, 0.05) is 6.42 Å². The highest BCUT2D eigenvalue weighted by Crippen LogP contribution is 2.16. The van der Waals surface area contributed by atoms with Crippen molar-refractivity contribution in [2.75, 3.05) is 6.61 Å². The Balaban J connectivity index is 3.50. The lowest BCUT2D eigenvalue weighted by atomic mass is 10.0. The molecule has 0 heterocycles. The summed E-state index contributed by atoms with van der Waals surface area (Å²) >= 11 is 0. The minimum Gasteiger partial charge on any atom is -0.394 e. The van der Waals surface area contributed by atoms with Crippen molar-refractivity contribution in [3.63, 3.8) is 0 Å². The number of nitrogens with one attached hydrogen (secondary N) is 1. The monoisotopic (exact) mass is 706 g/mol. The Morgan fingerprint density at radius 1 is 0.460 bits per heavy atom. The quantitative estimate of drug-likeness (QED) is 0.0437. The van der Waals surface area contributed by atoms with Gasteiger partial charge in [-0.15, -0.1) is 0 Å². The van der Waals surface area contributed by atoms with Crippen LogP contribution in [-0.2, 0) is 4.79 Å². The molecule has 0 aliphatic carbocycles. The number of aliphatic hydroxyl groups is 2. The fraction of sp³-hybridized carbons (Fsp3) is 0.935. The van der Waals surface area contributed by atoms with E-state index < -0.39 is 12.1 Å². The molecule has 0 spiro atoms. The van der Waals surface area contributed by atoms with E-state index in [2.05, 4.69) is 19.2 Å². The highest BCUT2D eigenvalue weighted by molar-refractivity contribution is 5.76. The van der Waals surface area contributed by atoms with Crippen molar-refractivity contribution in [1.82, 2.24) is 5.32 Å². The van der Waals surface area contributed by atoms with Crippen LogP contribution < -0.4 is 5.32 Å². The van der Waals surface area contributed by atoms with Crippen molar-refractivity contribution in [2.45, 2.75) is 270 Å². The third-order valence-corrected chi connectivity index (χ3v) is 10.8. The lowest BCUT2D eigenvalue weighted by Crippen LogP contribution is -2.45. The summed E-state index contributed by atoms with van der Waals surface area (Å²) in [6, 6.07) is -0.616. The van der Waals surface area contributed by atoms with E-state index in [1.54, 1.807) is 6.08 Å². The fourth-order valence-electron chi connectivity index (χ4n) is 7.24. The van der Waals surface area contributed by atoms with E-state index in [1.165, 1.54) is 212 Å². The SMILES string of the molecule is CCCCCCCCCCCCCCCCCCCCCCC/C=C/C(O)C(CO)NC(=O)CCCCCCCCCCCCCCCCC. The molecule has 4 nitrogen and oxygen atoms in total. The van der Waals surface area contributed by atoms with E-state index in [0.717, 1.165) is 25.7 Å². The number of carbonyl (C=O) groups excluding carboxylic acids is 1. The number of aliphatic hydroxyl groups excluding tert-OH is 2. The van der Waals surface area contributed by atoms with Gasteiger partial charge in [-0.3, -0.25) is 4.79 Å². The molecule has 4 heteroatoms. The van der Waals surface area contributed by atoms with Gasteiger partial charge in [0.15, 0.2) is 0 Å². The molecule has 0 saturated carbocycles. The van der Waals surface area contributed by atoms with Crippen molar-refractivity contribution in [2.24, 2.45) is 0 Å². The van der Waals surface area contributed by atoms with Gasteiger partial charge in [-0.25, -0.2) is 0 Å². The van der Waals surface area contributed by atoms with Gasteiger partial charge in [0.1, 0.15) is 0 Å². The summed E-state index contributed by atoms with van der Waals surface area (Å²) in [5.41, 5.74) is 0. The van der Waals surface area contributed by atoms with E-state index in [0.29, 0.717) is 6.42 Å². The minimum atomic E-state index is -0.833. The molecule has 2 atom stereocenters. The van der Waals surface area contributed by atoms with E-state index in [9.17, 15) is 15.0 Å². The molecule has 0 aromatic carbocycles. The Kier molecular flexibility index (Phi) is 41.8. The number of carbonyl (C=O) groups is 1. The smallest absolute Gasteiger partial charge is 0.220 e. The molecule has 0 aromatic rings. The van der Waals surface area contributed by atoms with Crippen LogP contribution in [0.1, 0.15) is 258 Å². The van der Waals surface area contributed by atoms with Crippen LogP contribution in [0.5, 0.6) is 0 Å². The summed E-state index contributed by atoms with van der Waals surface area (Å²) in [6.45, 7) is 4.33. The van der Waals surface area contributed by atoms with Crippen molar-refractivity contribution >= 4 is 5.91 Å². The number of rotatable bonds is 42. The van der Waals surface area contributed by atoms with Crippen LogP contribution >= 0.6 is 0 Å². The summed E-state index contributed by atoms with van der Waals surface area (Å²) in [7, 11) is 0. The van der Waals surface area contributed by atoms with Gasteiger partial charge in [0.25, 0.3) is 0 Å². The molecule has 2 unspecified atom stereocenters. The van der Waals surface area contributed by atoms with Crippen LogP contribution in [0.25, 0.3) is 0 Å². The minimum absolute atomic E-state index is 0.0597. The number of hydrogen-bond acceptors (Lipinski definition) is 3. The average molecular weight is 706 g/mol. The summed E-state index contributed by atoms with van der Waals surface area (Å²) < 4.78 is 0. The first-order valence-electron chi connectivity index (χ1n) is 22.9. The van der Waals surface area contributed by atoms with E-state index in [4.69, 9.17) is 0 Å². The fourth-order valence-corrected chi connectivity index (χ4v) is 7.24. The number of unbranched alkanes of at least 4 members (excludes halogenated alkanes) is 35. The summed E-state index contributed by atoms with van der Waals surface area (Å²) in [4.78, 5) is 12.4. The molecule has 0 fully saturated rings. The van der Waals surface area contributed by atoms with Crippen LogP contribution in [0.2, 0.25) is 0 Å². The summed E-state index contributed by atoms with van der Waals surface area (Å²) in [5, 5.41) is 23.0. The van der Waals surface area contributed by atoms with Crippen molar-refractivity contribution < 1.29 is 15.0 Å². The highest BCUT2D eigenvalue weighted by atomic mass is 16.3. The Morgan fingerprint density at radius 3 is 1.04 bits per heavy atom. The first kappa shape index (κ1) is 49.1. The maximum absolute atomic E-state index is 12.4. The molecule has 0 bridgehead atoms. The normalized spacial score (nSPS) is 13.0. The van der Waals surface area contributed by atoms with Crippen molar-refractivity contribution in [1.29, 1.82) is 0 Å². The van der Waals surface area contributed by atoms with Gasteiger partial charge < -0.3 is 15.5 Å². The second-order valence-corrected chi connectivity index (χ2v) is 15.8. The van der Waals surface area contributed by atoms with Gasteiger partial charge in [-0.2, -0.15) is 0 Å². The van der Waals surface area contributed by atoms with Gasteiger partial charge in [-0.1, -0.05) is 244 Å². The molecular weight excluding hydrogens is 615 g/mol. The third kappa shape index (κ3) is 38.4. The van der Waals surface area contributed by atoms with Gasteiger partial charge >= 0.3 is 0 Å². The molecule has 1 amide bonds. The Bertz CT molecular complexity index is 680. The van der Waals surface area contributed by atoms with Crippen LogP contribution in [0, 0.1) is 0 Å². The zero-order valence-corrected chi connectivity index (χ0v) is 34.2. The van der Waals surface area contributed by atoms with Crippen LogP contribution in [0.3, 0.4) is 0 Å². The zero-order chi connectivity index (χ0) is 36.4. The lowest BCUT2D eigenvalue weighted by molar-refractivity contribution is -0.123. The largest absolute Gasteiger partial charge is 0.394 e. The standard InChI is InChI=1S/C46H91NO3/c1-3-5-7-9-11-13-15-17-19-20-21-22-23-24-25-26-28-29-31-33-35-37-39-41-45(49)44(43-48)47-46(50)42-40-38-36-34-32-30-27-18-16-14-12-10-8-6-4-2/h39,41,44-45,48-49H,3-38,40,42-43H2,1-2H3,(H,47,50)/b41-39+. The Morgan fingerprint density at radius 2 is 0.740 bits per heavy atom. The third-order valence-electron chi connectivity index (χ3n) is 10.8. The maximum atomic E-state index is 12.4. The van der Waals surface area contributed by atoms with E-state index in [-0.39, 0.29) is 12.5 Å². The van der Waals surface area contributed by atoms with Crippen molar-refractivity contribution in [3.05, 3.63) is 12.2 Å². The molecule has 3 N–H and O–H groups in total. The Labute approximate surface area is 314 Å². The zero-order valence-electron chi connectivity index (χ0n) is 34.2. The van der Waals surface area contributed by atoms with E-state index in [1.807, 2.05) is 6.08 Å². The molecule has 0 aliphatic heterocycles. The molecule has 0 rings (SSSR count). The molecule has 0 radical (unpaired) electrons. The first-order chi connectivity index (χ1) is 24.7. The Hall–Kier alpha value is -0.870. The van der Waals surface area contributed by atoms with Gasteiger partial charge in [0.05, 0.1) is 18.8 Å². The topological polar surface area (TPSA) is 69.6 Å². The number of hydrogen-bond donors (Lipinski definition) is 3. The molecule has 0 aromatic heterocycles. The number of allylic oxidation sites excluding steroid dienone is 1. The van der Waals surface area contributed by atoms with Crippen LogP contribution in [-0.4, -0.2) is 34.9 Å². The lowest BCUT2D eigenvalue weighted by Gasteiger charge is -2.20. The molecular formula is C46H91NO3. The average Bonchev–Trinajstić information content (AvgIpc) is 3.12. The first-order valence-corrected chi connectivity index (χ1v) is 22.9. The molecule has 50 heavy (non-hydrogen) atoms. The van der Waals surface area contributed by atoms with Gasteiger partial charge in [0.2, 0.25) is 5.91 Å². The van der Waals surface area contributed by atoms with Crippen LogP contribution in [0.4, 0.5) is 0 Å². The molecule has 298 valence electrons. The number of amides is 1. The maximum Gasteiger partial charge on any atom is 0.220 e. The predicted molar refractivity (Wildman–Crippen MR) is 221 cm³/mol. The van der Waals surface area contributed by atoms with Gasteiger partial charge in [-0.05, 0) is 19.3 Å². The van der Waals surface area contributed by atoms with Crippen LogP contribution in [0.15, 0.2) is 12.2 Å². The summed E-state index contributed by atoms with van der Waals surface area (Å²) in [6.07, 6.45) is 53.3. The predicted octanol–water partition coefficient (Wildman–Crippen LogP) is 14.2. The second kappa shape index (κ2) is 42.5. The van der Waals surface area contributed by atoms with Crippen molar-refractivity contribution in [3.8, 4) is 0 Å². The second-order valence-electron chi connectivity index (χ2n) is 15.8. The molecule has 0 saturated heterocycles. The van der Waals surface area contributed by atoms with E-state index >= 15 is 0 Å². The highest BCUT2D eigenvalue weighted by Gasteiger charge is 2.17. The summed E-state index contributed by atoms with van der Waals surface area (Å²) in [5.74, 6) is -0.0597. The molecule has 0 aliphatic rings.